The highest BCUT2D eigenvalue weighted by Crippen LogP contribution is 2.18. The second-order valence-electron chi connectivity index (χ2n) is 3.77. The van der Waals surface area contributed by atoms with Crippen LogP contribution in [-0.4, -0.2) is 28.8 Å². The topological polar surface area (TPSA) is 113 Å². The maximum atomic E-state index is 11.5. The van der Waals surface area contributed by atoms with Crippen molar-refractivity contribution in [3.63, 3.8) is 0 Å². The molecule has 0 aliphatic rings. The second kappa shape index (κ2) is 4.81. The predicted octanol–water partition coefficient (Wildman–Crippen LogP) is 0.340. The number of primary amides is 1. The predicted molar refractivity (Wildman–Crippen MR) is 67.8 cm³/mol. The van der Waals surface area contributed by atoms with Gasteiger partial charge in [-0.15, -0.1) is 0 Å². The number of esters is 1. The fourth-order valence-electron chi connectivity index (χ4n) is 1.57. The standard InChI is InChI=1S/C12H12N4O3/c1-19-12(18)8-6-7(2-3-9(8)13)16-5-4-10(15-16)11(14)17/h2-6H,13H2,1H3,(H2,14,17). The summed E-state index contributed by atoms with van der Waals surface area (Å²) in [5, 5.41) is 3.99. The van der Waals surface area contributed by atoms with Crippen molar-refractivity contribution < 1.29 is 14.3 Å². The van der Waals surface area contributed by atoms with E-state index in [0.29, 0.717) is 11.4 Å². The molecule has 2 aromatic rings. The van der Waals surface area contributed by atoms with E-state index in [1.54, 1.807) is 18.3 Å². The van der Waals surface area contributed by atoms with Gasteiger partial charge in [-0.25, -0.2) is 9.48 Å². The Morgan fingerprint density at radius 2 is 2.05 bits per heavy atom. The average molecular weight is 260 g/mol. The highest BCUT2D eigenvalue weighted by atomic mass is 16.5. The molecule has 1 aromatic heterocycles. The number of rotatable bonds is 3. The van der Waals surface area contributed by atoms with Gasteiger partial charge in [0.25, 0.3) is 5.91 Å². The van der Waals surface area contributed by atoms with Gasteiger partial charge in [0.1, 0.15) is 5.69 Å². The van der Waals surface area contributed by atoms with Gasteiger partial charge in [-0.3, -0.25) is 4.79 Å². The Hall–Kier alpha value is -2.83. The van der Waals surface area contributed by atoms with Crippen molar-refractivity contribution in [2.75, 3.05) is 12.8 Å². The Balaban J connectivity index is 2.45. The lowest BCUT2D eigenvalue weighted by Crippen LogP contribution is -2.12. The number of ether oxygens (including phenoxy) is 1. The Kier molecular flexibility index (Phi) is 3.19. The van der Waals surface area contributed by atoms with E-state index in [2.05, 4.69) is 9.84 Å². The minimum Gasteiger partial charge on any atom is -0.465 e. The van der Waals surface area contributed by atoms with Gasteiger partial charge in [-0.2, -0.15) is 5.10 Å². The zero-order valence-corrected chi connectivity index (χ0v) is 10.2. The van der Waals surface area contributed by atoms with E-state index < -0.39 is 11.9 Å². The van der Waals surface area contributed by atoms with Crippen molar-refractivity contribution in [1.29, 1.82) is 0 Å². The number of carbonyl (C=O) groups excluding carboxylic acids is 2. The lowest BCUT2D eigenvalue weighted by molar-refractivity contribution is 0.0601. The van der Waals surface area contributed by atoms with Crippen LogP contribution in [-0.2, 0) is 4.74 Å². The van der Waals surface area contributed by atoms with Crippen LogP contribution >= 0.6 is 0 Å². The van der Waals surface area contributed by atoms with Crippen LogP contribution in [0.1, 0.15) is 20.8 Å². The number of anilines is 1. The fourth-order valence-corrected chi connectivity index (χ4v) is 1.57. The number of hydrogen-bond donors (Lipinski definition) is 2. The van der Waals surface area contributed by atoms with E-state index in [-0.39, 0.29) is 11.3 Å². The molecule has 0 unspecified atom stereocenters. The normalized spacial score (nSPS) is 10.2. The molecule has 0 saturated heterocycles. The molecule has 4 N–H and O–H groups in total. The summed E-state index contributed by atoms with van der Waals surface area (Å²) in [6, 6.07) is 6.24. The molecule has 0 spiro atoms. The minimum absolute atomic E-state index is 0.136. The third-order valence-corrected chi connectivity index (χ3v) is 2.55. The molecule has 0 atom stereocenters. The van der Waals surface area contributed by atoms with Crippen LogP contribution < -0.4 is 11.5 Å². The molecule has 19 heavy (non-hydrogen) atoms. The molecular weight excluding hydrogens is 248 g/mol. The molecule has 0 fully saturated rings. The fraction of sp³-hybridized carbons (Fsp3) is 0.0833. The first-order chi connectivity index (χ1) is 9.02. The second-order valence-corrected chi connectivity index (χ2v) is 3.77. The molecule has 1 heterocycles. The number of amides is 1. The summed E-state index contributed by atoms with van der Waals surface area (Å²) in [6.45, 7) is 0. The monoisotopic (exact) mass is 260 g/mol. The molecule has 7 nitrogen and oxygen atoms in total. The summed E-state index contributed by atoms with van der Waals surface area (Å²) < 4.78 is 6.05. The van der Waals surface area contributed by atoms with Gasteiger partial charge in [0.15, 0.2) is 0 Å². The quantitative estimate of drug-likeness (QED) is 0.610. The van der Waals surface area contributed by atoms with E-state index >= 15 is 0 Å². The average Bonchev–Trinajstić information content (AvgIpc) is 2.88. The molecule has 98 valence electrons. The SMILES string of the molecule is COC(=O)c1cc(-n2ccc(C(N)=O)n2)ccc1N. The van der Waals surface area contributed by atoms with Gasteiger partial charge in [0.2, 0.25) is 0 Å². The number of nitrogen functional groups attached to an aromatic ring is 1. The number of aromatic nitrogens is 2. The number of hydrogen-bond acceptors (Lipinski definition) is 5. The summed E-state index contributed by atoms with van der Waals surface area (Å²) in [7, 11) is 1.27. The smallest absolute Gasteiger partial charge is 0.340 e. The Labute approximate surface area is 108 Å². The maximum Gasteiger partial charge on any atom is 0.340 e. The van der Waals surface area contributed by atoms with Crippen molar-refractivity contribution in [1.82, 2.24) is 9.78 Å². The highest BCUT2D eigenvalue weighted by molar-refractivity contribution is 5.95. The van der Waals surface area contributed by atoms with Gasteiger partial charge in [-0.1, -0.05) is 0 Å². The number of nitrogens with zero attached hydrogens (tertiary/aromatic N) is 2. The van der Waals surface area contributed by atoms with E-state index in [1.807, 2.05) is 0 Å². The van der Waals surface area contributed by atoms with Gasteiger partial charge in [0, 0.05) is 11.9 Å². The van der Waals surface area contributed by atoms with Crippen LogP contribution in [0.4, 0.5) is 5.69 Å². The third-order valence-electron chi connectivity index (χ3n) is 2.55. The molecular formula is C12H12N4O3. The van der Waals surface area contributed by atoms with Crippen LogP contribution in [0, 0.1) is 0 Å². The summed E-state index contributed by atoms with van der Waals surface area (Å²) in [4.78, 5) is 22.5. The molecule has 1 amide bonds. The van der Waals surface area contributed by atoms with E-state index in [0.717, 1.165) is 0 Å². The Morgan fingerprint density at radius 1 is 1.32 bits per heavy atom. The minimum atomic E-state index is -0.623. The van der Waals surface area contributed by atoms with Gasteiger partial charge >= 0.3 is 5.97 Å². The van der Waals surface area contributed by atoms with Crippen LogP contribution in [0.3, 0.4) is 0 Å². The van der Waals surface area contributed by atoms with Gasteiger partial charge in [-0.05, 0) is 24.3 Å². The van der Waals surface area contributed by atoms with E-state index in [9.17, 15) is 9.59 Å². The van der Waals surface area contributed by atoms with Crippen LogP contribution in [0.5, 0.6) is 0 Å². The van der Waals surface area contributed by atoms with Crippen molar-refractivity contribution in [2.45, 2.75) is 0 Å². The summed E-state index contributed by atoms with van der Waals surface area (Å²) in [5.74, 6) is -1.16. The Bertz CT molecular complexity index is 648. The first-order valence-corrected chi connectivity index (χ1v) is 5.36. The Morgan fingerprint density at radius 3 is 2.63 bits per heavy atom. The molecule has 0 bridgehead atoms. The maximum absolute atomic E-state index is 11.5. The first-order valence-electron chi connectivity index (χ1n) is 5.36. The summed E-state index contributed by atoms with van der Waals surface area (Å²) >= 11 is 0. The van der Waals surface area contributed by atoms with Crippen molar-refractivity contribution >= 4 is 17.6 Å². The lowest BCUT2D eigenvalue weighted by Gasteiger charge is -2.07. The molecule has 0 saturated carbocycles. The van der Waals surface area contributed by atoms with Crippen molar-refractivity contribution in [3.05, 3.63) is 41.7 Å². The van der Waals surface area contributed by atoms with E-state index in [4.69, 9.17) is 11.5 Å². The van der Waals surface area contributed by atoms with E-state index in [1.165, 1.54) is 23.9 Å². The summed E-state index contributed by atoms with van der Waals surface area (Å²) in [6.07, 6.45) is 1.56. The molecule has 0 aliphatic heterocycles. The molecule has 2 rings (SSSR count). The largest absolute Gasteiger partial charge is 0.465 e. The van der Waals surface area contributed by atoms with Gasteiger partial charge in [0.05, 0.1) is 18.4 Å². The molecule has 0 aliphatic carbocycles. The number of benzene rings is 1. The molecule has 1 aromatic carbocycles. The highest BCUT2D eigenvalue weighted by Gasteiger charge is 2.12. The lowest BCUT2D eigenvalue weighted by atomic mass is 10.1. The third kappa shape index (κ3) is 2.39. The number of nitrogens with two attached hydrogens (primary N) is 2. The molecule has 0 radical (unpaired) electrons. The zero-order chi connectivity index (χ0) is 14.0. The van der Waals surface area contributed by atoms with Crippen molar-refractivity contribution in [2.24, 2.45) is 5.73 Å². The number of carbonyl (C=O) groups is 2. The van der Waals surface area contributed by atoms with Crippen LogP contribution in [0.15, 0.2) is 30.5 Å². The van der Waals surface area contributed by atoms with Crippen LogP contribution in [0.25, 0.3) is 5.69 Å². The number of methoxy groups -OCH3 is 1. The molecule has 7 heteroatoms. The summed E-state index contributed by atoms with van der Waals surface area (Å²) in [5.41, 5.74) is 12.1. The first kappa shape index (κ1) is 12.6. The zero-order valence-electron chi connectivity index (χ0n) is 10.2. The van der Waals surface area contributed by atoms with Crippen molar-refractivity contribution in [3.8, 4) is 5.69 Å². The van der Waals surface area contributed by atoms with Gasteiger partial charge < -0.3 is 16.2 Å². The van der Waals surface area contributed by atoms with Crippen LogP contribution in [0.2, 0.25) is 0 Å².